The van der Waals surface area contributed by atoms with Crippen LogP contribution in [0.4, 0.5) is 0 Å². The zero-order valence-corrected chi connectivity index (χ0v) is 6.59. The minimum atomic E-state index is -0.273. The summed E-state index contributed by atoms with van der Waals surface area (Å²) in [7, 11) is 0. The van der Waals surface area contributed by atoms with E-state index in [0.29, 0.717) is 5.92 Å². The molecule has 0 aliphatic heterocycles. The lowest BCUT2D eigenvalue weighted by molar-refractivity contribution is 0.230. The quantitative estimate of drug-likeness (QED) is 0.586. The van der Waals surface area contributed by atoms with E-state index in [1.165, 1.54) is 5.57 Å². The molecule has 0 bridgehead atoms. The lowest BCUT2D eigenvalue weighted by atomic mass is 10.00. The van der Waals surface area contributed by atoms with Crippen LogP contribution in [-0.4, -0.2) is 11.2 Å². The molecule has 1 aliphatic rings. The van der Waals surface area contributed by atoms with Gasteiger partial charge in [0.2, 0.25) is 0 Å². The zero-order chi connectivity index (χ0) is 7.72. The summed E-state index contributed by atoms with van der Waals surface area (Å²) in [4.78, 5) is 0. The summed E-state index contributed by atoms with van der Waals surface area (Å²) in [6, 6.07) is 0. The Morgan fingerprint density at radius 1 is 1.70 bits per heavy atom. The van der Waals surface area contributed by atoms with E-state index in [4.69, 9.17) is 0 Å². The van der Waals surface area contributed by atoms with Crippen molar-refractivity contribution in [2.45, 2.75) is 26.4 Å². The molecular formula is C9H14O. The third kappa shape index (κ3) is 1.29. The highest BCUT2D eigenvalue weighted by atomic mass is 16.3. The van der Waals surface area contributed by atoms with Crippen LogP contribution in [0.5, 0.6) is 0 Å². The van der Waals surface area contributed by atoms with Crippen LogP contribution in [0.2, 0.25) is 0 Å². The lowest BCUT2D eigenvalue weighted by Crippen LogP contribution is -1.94. The molecule has 0 spiro atoms. The van der Waals surface area contributed by atoms with Crippen molar-refractivity contribution < 1.29 is 5.11 Å². The first kappa shape index (κ1) is 7.55. The van der Waals surface area contributed by atoms with Crippen molar-refractivity contribution in [2.75, 3.05) is 0 Å². The fourth-order valence-electron chi connectivity index (χ4n) is 1.36. The Labute approximate surface area is 62.1 Å². The van der Waals surface area contributed by atoms with E-state index in [-0.39, 0.29) is 6.10 Å². The minimum absolute atomic E-state index is 0.273. The summed E-state index contributed by atoms with van der Waals surface area (Å²) in [5.74, 6) is 0.504. The number of allylic oxidation sites excluding steroid dienone is 1. The van der Waals surface area contributed by atoms with E-state index < -0.39 is 0 Å². The smallest absolute Gasteiger partial charge is 0.0766 e. The molecule has 0 amide bonds. The van der Waals surface area contributed by atoms with Crippen molar-refractivity contribution in [2.24, 2.45) is 5.92 Å². The van der Waals surface area contributed by atoms with Gasteiger partial charge in [-0.25, -0.2) is 0 Å². The first-order chi connectivity index (χ1) is 4.61. The second kappa shape index (κ2) is 2.59. The van der Waals surface area contributed by atoms with Crippen LogP contribution in [0.3, 0.4) is 0 Å². The fourth-order valence-corrected chi connectivity index (χ4v) is 1.36. The summed E-state index contributed by atoms with van der Waals surface area (Å²) in [6.07, 6.45) is 2.37. The number of aliphatic hydroxyl groups is 1. The number of hydrogen-bond donors (Lipinski definition) is 1. The average molecular weight is 138 g/mol. The molecule has 0 aromatic heterocycles. The Morgan fingerprint density at radius 2 is 2.30 bits per heavy atom. The number of rotatable bonds is 1. The highest BCUT2D eigenvalue weighted by Crippen LogP contribution is 2.28. The second-order valence-electron chi connectivity index (χ2n) is 3.15. The highest BCUT2D eigenvalue weighted by Gasteiger charge is 2.18. The summed E-state index contributed by atoms with van der Waals surface area (Å²) in [5, 5.41) is 9.18. The molecular weight excluding hydrogens is 124 g/mol. The second-order valence-corrected chi connectivity index (χ2v) is 3.15. The molecule has 0 saturated carbocycles. The normalized spacial score (nSPS) is 25.8. The van der Waals surface area contributed by atoms with E-state index in [9.17, 15) is 5.11 Å². The first-order valence-corrected chi connectivity index (χ1v) is 3.69. The Kier molecular flexibility index (Phi) is 1.95. The van der Waals surface area contributed by atoms with E-state index in [1.54, 1.807) is 0 Å². The van der Waals surface area contributed by atoms with E-state index in [2.05, 4.69) is 20.4 Å². The molecule has 56 valence electrons. The summed E-state index contributed by atoms with van der Waals surface area (Å²) < 4.78 is 0. The summed E-state index contributed by atoms with van der Waals surface area (Å²) in [5.41, 5.74) is 2.33. The molecule has 0 aromatic carbocycles. The van der Waals surface area contributed by atoms with Gasteiger partial charge < -0.3 is 5.11 Å². The fraction of sp³-hybridized carbons (Fsp3) is 0.556. The van der Waals surface area contributed by atoms with Crippen molar-refractivity contribution in [3.8, 4) is 0 Å². The van der Waals surface area contributed by atoms with Crippen LogP contribution in [0.25, 0.3) is 0 Å². The maximum atomic E-state index is 9.18. The molecule has 1 heteroatoms. The van der Waals surface area contributed by atoms with Crippen LogP contribution in [0.1, 0.15) is 20.3 Å². The van der Waals surface area contributed by atoms with Crippen LogP contribution < -0.4 is 0 Å². The van der Waals surface area contributed by atoms with Crippen LogP contribution in [-0.2, 0) is 0 Å². The van der Waals surface area contributed by atoms with Gasteiger partial charge in [-0.05, 0) is 17.1 Å². The predicted octanol–water partition coefficient (Wildman–Crippen LogP) is 1.89. The molecule has 0 radical (unpaired) electrons. The Bertz CT molecular complexity index is 177. The van der Waals surface area contributed by atoms with Crippen LogP contribution >= 0.6 is 0 Å². The van der Waals surface area contributed by atoms with Gasteiger partial charge in [-0.15, -0.1) is 0 Å². The molecule has 1 rings (SSSR count). The van der Waals surface area contributed by atoms with Gasteiger partial charge in [0.05, 0.1) is 6.10 Å². The topological polar surface area (TPSA) is 20.2 Å². The Hall–Kier alpha value is -0.560. The monoisotopic (exact) mass is 138 g/mol. The molecule has 0 fully saturated rings. The van der Waals surface area contributed by atoms with Crippen molar-refractivity contribution >= 4 is 0 Å². The minimum Gasteiger partial charge on any atom is -0.389 e. The molecule has 1 N–H and O–H groups in total. The molecule has 0 aromatic rings. The van der Waals surface area contributed by atoms with Crippen molar-refractivity contribution in [1.29, 1.82) is 0 Å². The van der Waals surface area contributed by atoms with Gasteiger partial charge in [-0.2, -0.15) is 0 Å². The van der Waals surface area contributed by atoms with Gasteiger partial charge in [-0.3, -0.25) is 0 Å². The third-order valence-corrected chi connectivity index (χ3v) is 1.86. The number of hydrogen-bond acceptors (Lipinski definition) is 1. The molecule has 1 unspecified atom stereocenters. The van der Waals surface area contributed by atoms with E-state index in [0.717, 1.165) is 12.0 Å². The van der Waals surface area contributed by atoms with Crippen molar-refractivity contribution in [3.05, 3.63) is 23.8 Å². The van der Waals surface area contributed by atoms with Gasteiger partial charge in [0.1, 0.15) is 0 Å². The third-order valence-electron chi connectivity index (χ3n) is 1.86. The molecule has 1 nitrogen and oxygen atoms in total. The maximum Gasteiger partial charge on any atom is 0.0766 e. The molecule has 0 heterocycles. The van der Waals surface area contributed by atoms with Gasteiger partial charge in [0.15, 0.2) is 0 Å². The largest absolute Gasteiger partial charge is 0.389 e. The predicted molar refractivity (Wildman–Crippen MR) is 42.7 cm³/mol. The first-order valence-electron chi connectivity index (χ1n) is 3.69. The number of aliphatic hydroxyl groups excluding tert-OH is 1. The van der Waals surface area contributed by atoms with Crippen molar-refractivity contribution in [1.82, 2.24) is 0 Å². The average Bonchev–Trinajstić information content (AvgIpc) is 2.10. The molecule has 1 aliphatic carbocycles. The van der Waals surface area contributed by atoms with E-state index >= 15 is 0 Å². The SMILES string of the molecule is C=C1CC(O)C=C1C(C)C. The van der Waals surface area contributed by atoms with Gasteiger partial charge in [0.25, 0.3) is 0 Å². The summed E-state index contributed by atoms with van der Waals surface area (Å²) in [6.45, 7) is 8.12. The molecule has 0 saturated heterocycles. The maximum absolute atomic E-state index is 9.18. The van der Waals surface area contributed by atoms with Gasteiger partial charge in [-0.1, -0.05) is 26.5 Å². The van der Waals surface area contributed by atoms with E-state index in [1.807, 2.05) is 6.08 Å². The Morgan fingerprint density at radius 3 is 2.50 bits per heavy atom. The van der Waals surface area contributed by atoms with Gasteiger partial charge in [0, 0.05) is 6.42 Å². The van der Waals surface area contributed by atoms with Gasteiger partial charge >= 0.3 is 0 Å². The Balaban J connectivity index is 2.75. The van der Waals surface area contributed by atoms with Crippen LogP contribution in [0.15, 0.2) is 23.8 Å². The highest BCUT2D eigenvalue weighted by molar-refractivity contribution is 5.37. The lowest BCUT2D eigenvalue weighted by Gasteiger charge is -2.05. The molecule has 1 atom stereocenters. The zero-order valence-electron chi connectivity index (χ0n) is 6.59. The summed E-state index contributed by atoms with van der Waals surface area (Å²) >= 11 is 0. The van der Waals surface area contributed by atoms with Crippen molar-refractivity contribution in [3.63, 3.8) is 0 Å². The standard InChI is InChI=1S/C9H14O/c1-6(2)9-5-8(10)4-7(9)3/h5-6,8,10H,3-4H2,1-2H3. The molecule has 10 heavy (non-hydrogen) atoms. The van der Waals surface area contributed by atoms with Crippen LogP contribution in [0, 0.1) is 5.92 Å².